The number of oxazole rings is 1. The number of benzene rings is 1. The fraction of sp³-hybridized carbons (Fsp3) is 0.562. The third-order valence-corrected chi connectivity index (χ3v) is 3.80. The fourth-order valence-corrected chi connectivity index (χ4v) is 2.77. The Morgan fingerprint density at radius 1 is 1.25 bits per heavy atom. The van der Waals surface area contributed by atoms with Crippen molar-refractivity contribution in [2.24, 2.45) is 0 Å². The molecular formula is C16H22N2O2. The van der Waals surface area contributed by atoms with Crippen molar-refractivity contribution >= 4 is 11.1 Å². The van der Waals surface area contributed by atoms with Gasteiger partial charge >= 0.3 is 0 Å². The number of aryl methyl sites for hydroxylation is 1. The second-order valence-corrected chi connectivity index (χ2v) is 5.47. The predicted molar refractivity (Wildman–Crippen MR) is 79.1 cm³/mol. The van der Waals surface area contributed by atoms with E-state index in [1.54, 1.807) is 0 Å². The Hall–Kier alpha value is -1.55. The molecule has 0 amide bonds. The lowest BCUT2D eigenvalue weighted by atomic mass is 10.1. The van der Waals surface area contributed by atoms with Crippen LogP contribution in [0.4, 0.5) is 0 Å². The Balaban J connectivity index is 1.46. The molecule has 20 heavy (non-hydrogen) atoms. The first-order valence-corrected chi connectivity index (χ1v) is 7.53. The van der Waals surface area contributed by atoms with Crippen molar-refractivity contribution in [3.05, 3.63) is 24.1 Å². The summed E-state index contributed by atoms with van der Waals surface area (Å²) < 4.78 is 11.3. The molecule has 0 aliphatic carbocycles. The highest BCUT2D eigenvalue weighted by Gasteiger charge is 2.09. The molecule has 4 nitrogen and oxygen atoms in total. The standard InChI is InChI=1S/C16H22N2O2/c1-13-17-15-7-6-14(12-16(15)20-13)19-11-5-10-18-8-3-2-4-9-18/h6-7,12H,2-5,8-11H2,1H3. The van der Waals surface area contributed by atoms with Crippen LogP contribution in [0.1, 0.15) is 31.6 Å². The number of likely N-dealkylation sites (tertiary alicyclic amines) is 1. The molecule has 0 bridgehead atoms. The molecule has 2 aromatic rings. The number of rotatable bonds is 5. The van der Waals surface area contributed by atoms with Crippen LogP contribution in [-0.4, -0.2) is 36.1 Å². The van der Waals surface area contributed by atoms with Gasteiger partial charge in [0.05, 0.1) is 6.61 Å². The summed E-state index contributed by atoms with van der Waals surface area (Å²) in [5.41, 5.74) is 1.69. The normalized spacial score (nSPS) is 16.6. The lowest BCUT2D eigenvalue weighted by molar-refractivity contribution is 0.205. The van der Waals surface area contributed by atoms with Crippen LogP contribution < -0.4 is 4.74 Å². The Kier molecular flexibility index (Phi) is 4.21. The highest BCUT2D eigenvalue weighted by atomic mass is 16.5. The van der Waals surface area contributed by atoms with Gasteiger partial charge < -0.3 is 14.1 Å². The van der Waals surface area contributed by atoms with Crippen LogP contribution in [0.2, 0.25) is 0 Å². The van der Waals surface area contributed by atoms with E-state index >= 15 is 0 Å². The fourth-order valence-electron chi connectivity index (χ4n) is 2.77. The van der Waals surface area contributed by atoms with E-state index in [2.05, 4.69) is 9.88 Å². The van der Waals surface area contributed by atoms with Gasteiger partial charge in [-0.1, -0.05) is 6.42 Å². The topological polar surface area (TPSA) is 38.5 Å². The van der Waals surface area contributed by atoms with Crippen LogP contribution in [0.25, 0.3) is 11.1 Å². The molecule has 1 fully saturated rings. The molecule has 0 spiro atoms. The predicted octanol–water partition coefficient (Wildman–Crippen LogP) is 3.39. The minimum absolute atomic E-state index is 0.697. The summed E-state index contributed by atoms with van der Waals surface area (Å²) in [5, 5.41) is 0. The van der Waals surface area contributed by atoms with Crippen LogP contribution in [-0.2, 0) is 0 Å². The quantitative estimate of drug-likeness (QED) is 0.783. The summed E-state index contributed by atoms with van der Waals surface area (Å²) in [5.74, 6) is 1.56. The molecule has 3 rings (SSSR count). The summed E-state index contributed by atoms with van der Waals surface area (Å²) in [7, 11) is 0. The maximum Gasteiger partial charge on any atom is 0.192 e. The van der Waals surface area contributed by atoms with Gasteiger partial charge in [-0.05, 0) is 44.5 Å². The summed E-state index contributed by atoms with van der Waals surface area (Å²) in [6, 6.07) is 5.84. The molecule has 0 saturated carbocycles. The lowest BCUT2D eigenvalue weighted by Gasteiger charge is -2.26. The molecule has 0 radical (unpaired) electrons. The molecule has 0 unspecified atom stereocenters. The molecule has 0 N–H and O–H groups in total. The Labute approximate surface area is 119 Å². The number of fused-ring (bicyclic) bond motifs is 1. The van der Waals surface area contributed by atoms with Crippen molar-refractivity contribution in [1.82, 2.24) is 9.88 Å². The largest absolute Gasteiger partial charge is 0.493 e. The molecule has 1 aliphatic heterocycles. The van der Waals surface area contributed by atoms with Crippen LogP contribution in [0.5, 0.6) is 5.75 Å². The zero-order valence-corrected chi connectivity index (χ0v) is 12.1. The Bertz CT molecular complexity index is 559. The number of piperidine rings is 1. The summed E-state index contributed by atoms with van der Waals surface area (Å²) >= 11 is 0. The smallest absolute Gasteiger partial charge is 0.192 e. The maximum absolute atomic E-state index is 5.80. The second kappa shape index (κ2) is 6.27. The van der Waals surface area contributed by atoms with Crippen molar-refractivity contribution in [3.63, 3.8) is 0 Å². The Morgan fingerprint density at radius 2 is 2.10 bits per heavy atom. The highest BCUT2D eigenvalue weighted by Crippen LogP contribution is 2.21. The van der Waals surface area contributed by atoms with Crippen molar-refractivity contribution < 1.29 is 9.15 Å². The van der Waals surface area contributed by atoms with E-state index in [1.807, 2.05) is 25.1 Å². The third kappa shape index (κ3) is 3.31. The first-order chi connectivity index (χ1) is 9.81. The van der Waals surface area contributed by atoms with E-state index in [0.717, 1.165) is 36.4 Å². The van der Waals surface area contributed by atoms with Crippen molar-refractivity contribution in [2.45, 2.75) is 32.6 Å². The van der Waals surface area contributed by atoms with Crippen LogP contribution >= 0.6 is 0 Å². The lowest BCUT2D eigenvalue weighted by Crippen LogP contribution is -2.31. The van der Waals surface area contributed by atoms with Crippen LogP contribution in [0.3, 0.4) is 0 Å². The van der Waals surface area contributed by atoms with E-state index in [1.165, 1.54) is 32.4 Å². The molecule has 0 atom stereocenters. The Morgan fingerprint density at radius 3 is 2.95 bits per heavy atom. The van der Waals surface area contributed by atoms with Crippen molar-refractivity contribution in [3.8, 4) is 5.75 Å². The van der Waals surface area contributed by atoms with E-state index in [9.17, 15) is 0 Å². The highest BCUT2D eigenvalue weighted by molar-refractivity contribution is 5.74. The number of aromatic nitrogens is 1. The van der Waals surface area contributed by atoms with Gasteiger partial charge in [-0.3, -0.25) is 0 Å². The average Bonchev–Trinajstić information content (AvgIpc) is 2.84. The molecule has 1 aromatic heterocycles. The van der Waals surface area contributed by atoms with Gasteiger partial charge in [-0.2, -0.15) is 0 Å². The van der Waals surface area contributed by atoms with E-state index in [-0.39, 0.29) is 0 Å². The summed E-state index contributed by atoms with van der Waals surface area (Å²) in [4.78, 5) is 6.82. The number of nitrogens with zero attached hydrogens (tertiary/aromatic N) is 2. The monoisotopic (exact) mass is 274 g/mol. The van der Waals surface area contributed by atoms with Crippen LogP contribution in [0.15, 0.2) is 22.6 Å². The summed E-state index contributed by atoms with van der Waals surface area (Å²) in [6.45, 7) is 6.27. The minimum atomic E-state index is 0.697. The van der Waals surface area contributed by atoms with Gasteiger partial charge in [0.15, 0.2) is 11.5 Å². The molecule has 108 valence electrons. The first kappa shape index (κ1) is 13.4. The first-order valence-electron chi connectivity index (χ1n) is 7.53. The van der Waals surface area contributed by atoms with E-state index < -0.39 is 0 Å². The third-order valence-electron chi connectivity index (χ3n) is 3.80. The zero-order chi connectivity index (χ0) is 13.8. The zero-order valence-electron chi connectivity index (χ0n) is 12.1. The number of ether oxygens (including phenoxy) is 1. The second-order valence-electron chi connectivity index (χ2n) is 5.47. The SMILES string of the molecule is Cc1nc2ccc(OCCCN3CCCCC3)cc2o1. The molecule has 4 heteroatoms. The van der Waals surface area contributed by atoms with Gasteiger partial charge in [0.1, 0.15) is 11.3 Å². The molecular weight excluding hydrogens is 252 g/mol. The molecule has 1 saturated heterocycles. The van der Waals surface area contributed by atoms with Crippen LogP contribution in [0, 0.1) is 6.92 Å². The molecule has 1 aliphatic rings. The van der Waals surface area contributed by atoms with Gasteiger partial charge in [-0.25, -0.2) is 4.98 Å². The molecule has 1 aromatic carbocycles. The van der Waals surface area contributed by atoms with E-state index in [4.69, 9.17) is 9.15 Å². The maximum atomic E-state index is 5.80. The van der Waals surface area contributed by atoms with Gasteiger partial charge in [0, 0.05) is 19.5 Å². The van der Waals surface area contributed by atoms with Crippen molar-refractivity contribution in [2.75, 3.05) is 26.2 Å². The van der Waals surface area contributed by atoms with Gasteiger partial charge in [-0.15, -0.1) is 0 Å². The van der Waals surface area contributed by atoms with Gasteiger partial charge in [0.25, 0.3) is 0 Å². The molecule has 2 heterocycles. The number of hydrogen-bond donors (Lipinski definition) is 0. The number of hydrogen-bond acceptors (Lipinski definition) is 4. The van der Waals surface area contributed by atoms with Gasteiger partial charge in [0.2, 0.25) is 0 Å². The minimum Gasteiger partial charge on any atom is -0.493 e. The van der Waals surface area contributed by atoms with Crippen molar-refractivity contribution in [1.29, 1.82) is 0 Å². The average molecular weight is 274 g/mol. The van der Waals surface area contributed by atoms with E-state index in [0.29, 0.717) is 5.89 Å². The summed E-state index contributed by atoms with van der Waals surface area (Å²) in [6.07, 6.45) is 5.17.